The monoisotopic (exact) mass is 384 g/mol. The van der Waals surface area contributed by atoms with Crippen LogP contribution >= 0.6 is 11.8 Å². The van der Waals surface area contributed by atoms with E-state index in [-0.39, 0.29) is 23.0 Å². The molecule has 3 aromatic rings. The Balaban J connectivity index is 1.75. The van der Waals surface area contributed by atoms with Gasteiger partial charge in [0.05, 0.1) is 21.7 Å². The summed E-state index contributed by atoms with van der Waals surface area (Å²) >= 11 is 1.33. The van der Waals surface area contributed by atoms with E-state index in [1.807, 2.05) is 24.3 Å². The van der Waals surface area contributed by atoms with Gasteiger partial charge in [-0.1, -0.05) is 49.9 Å². The van der Waals surface area contributed by atoms with Crippen molar-refractivity contribution in [3.05, 3.63) is 58.6 Å². The number of aromatic nitrogens is 2. The smallest absolute Gasteiger partial charge is 0.292 e. The maximum atomic E-state index is 12.3. The largest absolute Gasteiger partial charge is 0.320 e. The molecule has 0 bridgehead atoms. The lowest BCUT2D eigenvalue weighted by molar-refractivity contribution is -0.383. The summed E-state index contributed by atoms with van der Waals surface area (Å²) in [6, 6.07) is 14.0. The molecule has 0 saturated carbocycles. The number of fused-ring (bicyclic) bond motifs is 1. The minimum Gasteiger partial charge on any atom is -0.320 e. The molecule has 7 nitrogen and oxygen atoms in total. The SMILES string of the molecule is CC(C)Cn1c(SCC(=O)Nc2ccccc2[N+](=O)[O-])nc2ccccc21. The maximum Gasteiger partial charge on any atom is 0.292 e. The number of hydrogen-bond acceptors (Lipinski definition) is 5. The van der Waals surface area contributed by atoms with Crippen molar-refractivity contribution in [2.45, 2.75) is 25.5 Å². The third-order valence-electron chi connectivity index (χ3n) is 3.87. The molecular weight excluding hydrogens is 364 g/mol. The first-order valence-corrected chi connectivity index (χ1v) is 9.55. The zero-order chi connectivity index (χ0) is 19.4. The van der Waals surface area contributed by atoms with Gasteiger partial charge in [-0.05, 0) is 24.1 Å². The standard InChI is InChI=1S/C19H20N4O3S/c1-13(2)11-22-16-9-5-3-7-14(16)21-19(22)27-12-18(24)20-15-8-4-6-10-17(15)23(25)26/h3-10,13H,11-12H2,1-2H3,(H,20,24). The van der Waals surface area contributed by atoms with E-state index in [2.05, 4.69) is 28.7 Å². The zero-order valence-corrected chi connectivity index (χ0v) is 15.9. The van der Waals surface area contributed by atoms with Crippen LogP contribution < -0.4 is 5.32 Å². The minimum absolute atomic E-state index is 0.119. The van der Waals surface area contributed by atoms with E-state index in [1.54, 1.807) is 12.1 Å². The second kappa shape index (κ2) is 8.22. The number of anilines is 1. The molecule has 1 N–H and O–H groups in total. The van der Waals surface area contributed by atoms with Gasteiger partial charge in [0.25, 0.3) is 5.69 Å². The van der Waals surface area contributed by atoms with Crippen molar-refractivity contribution in [1.29, 1.82) is 0 Å². The molecule has 8 heteroatoms. The summed E-state index contributed by atoms with van der Waals surface area (Å²) in [5.41, 5.74) is 2.00. The Kier molecular flexibility index (Phi) is 5.75. The Morgan fingerprint density at radius 3 is 2.67 bits per heavy atom. The second-order valence-corrected chi connectivity index (χ2v) is 7.44. The van der Waals surface area contributed by atoms with E-state index in [4.69, 9.17) is 0 Å². The lowest BCUT2D eigenvalue weighted by Crippen LogP contribution is -2.16. The van der Waals surface area contributed by atoms with E-state index < -0.39 is 4.92 Å². The molecule has 0 radical (unpaired) electrons. The van der Waals surface area contributed by atoms with Crippen LogP contribution in [0.4, 0.5) is 11.4 Å². The van der Waals surface area contributed by atoms with Gasteiger partial charge in [-0.2, -0.15) is 0 Å². The van der Waals surface area contributed by atoms with Crippen LogP contribution in [-0.2, 0) is 11.3 Å². The second-order valence-electron chi connectivity index (χ2n) is 6.50. The number of nitrogens with zero attached hydrogens (tertiary/aromatic N) is 3. The van der Waals surface area contributed by atoms with E-state index in [0.717, 1.165) is 22.7 Å². The highest BCUT2D eigenvalue weighted by Gasteiger charge is 2.17. The summed E-state index contributed by atoms with van der Waals surface area (Å²) < 4.78 is 2.11. The molecule has 0 saturated heterocycles. The van der Waals surface area contributed by atoms with Gasteiger partial charge in [-0.3, -0.25) is 14.9 Å². The van der Waals surface area contributed by atoms with Crippen molar-refractivity contribution in [3.63, 3.8) is 0 Å². The number of nitro benzene ring substituents is 1. The quantitative estimate of drug-likeness (QED) is 0.372. The third kappa shape index (κ3) is 4.46. The third-order valence-corrected chi connectivity index (χ3v) is 4.85. The molecule has 3 rings (SSSR count). The number of benzene rings is 2. The molecule has 140 valence electrons. The number of amides is 1. The molecule has 0 unspecified atom stereocenters. The van der Waals surface area contributed by atoms with Crippen molar-refractivity contribution in [1.82, 2.24) is 9.55 Å². The highest BCUT2D eigenvalue weighted by atomic mass is 32.2. The average molecular weight is 384 g/mol. The van der Waals surface area contributed by atoms with E-state index in [9.17, 15) is 14.9 Å². The summed E-state index contributed by atoms with van der Waals surface area (Å²) in [4.78, 5) is 27.5. The fourth-order valence-electron chi connectivity index (χ4n) is 2.76. The van der Waals surface area contributed by atoms with Gasteiger partial charge in [-0.25, -0.2) is 4.98 Å². The first-order chi connectivity index (χ1) is 13.0. The van der Waals surface area contributed by atoms with Gasteiger partial charge in [0.1, 0.15) is 5.69 Å². The number of carbonyl (C=O) groups is 1. The van der Waals surface area contributed by atoms with Gasteiger partial charge in [0, 0.05) is 12.6 Å². The molecule has 1 amide bonds. The zero-order valence-electron chi connectivity index (χ0n) is 15.1. The van der Waals surface area contributed by atoms with Crippen LogP contribution in [0, 0.1) is 16.0 Å². The van der Waals surface area contributed by atoms with Crippen molar-refractivity contribution in [3.8, 4) is 0 Å². The van der Waals surface area contributed by atoms with E-state index >= 15 is 0 Å². The predicted octanol–water partition coefficient (Wildman–Crippen LogP) is 4.33. The fraction of sp³-hybridized carbons (Fsp3) is 0.263. The molecule has 0 spiro atoms. The lowest BCUT2D eigenvalue weighted by atomic mass is 10.2. The summed E-state index contributed by atoms with van der Waals surface area (Å²) in [5.74, 6) is 0.244. The first-order valence-electron chi connectivity index (χ1n) is 8.57. The fourth-order valence-corrected chi connectivity index (χ4v) is 3.58. The number of rotatable bonds is 7. The molecule has 0 atom stereocenters. The van der Waals surface area contributed by atoms with Crippen LogP contribution in [0.15, 0.2) is 53.7 Å². The summed E-state index contributed by atoms with van der Waals surface area (Å²) in [5, 5.41) is 14.4. The van der Waals surface area contributed by atoms with Crippen molar-refractivity contribution >= 4 is 40.1 Å². The first kappa shape index (κ1) is 18.9. The van der Waals surface area contributed by atoms with Gasteiger partial charge < -0.3 is 9.88 Å². The van der Waals surface area contributed by atoms with Crippen LogP contribution in [0.25, 0.3) is 11.0 Å². The van der Waals surface area contributed by atoms with Gasteiger partial charge >= 0.3 is 0 Å². The Morgan fingerprint density at radius 2 is 1.93 bits per heavy atom. The van der Waals surface area contributed by atoms with Crippen LogP contribution in [0.2, 0.25) is 0 Å². The van der Waals surface area contributed by atoms with Crippen molar-refractivity contribution < 1.29 is 9.72 Å². The molecule has 1 heterocycles. The normalized spacial score (nSPS) is 11.1. The van der Waals surface area contributed by atoms with Gasteiger partial charge in [0.15, 0.2) is 5.16 Å². The number of hydrogen-bond donors (Lipinski definition) is 1. The highest BCUT2D eigenvalue weighted by Crippen LogP contribution is 2.27. The summed E-state index contributed by atoms with van der Waals surface area (Å²) in [6.45, 7) is 5.06. The number of nitrogens with one attached hydrogen (secondary N) is 1. The van der Waals surface area contributed by atoms with Crippen LogP contribution in [0.3, 0.4) is 0 Å². The Labute approximate surface area is 160 Å². The number of nitro groups is 1. The van der Waals surface area contributed by atoms with Crippen LogP contribution in [0.1, 0.15) is 13.8 Å². The molecule has 27 heavy (non-hydrogen) atoms. The van der Waals surface area contributed by atoms with Gasteiger partial charge in [0.2, 0.25) is 5.91 Å². The molecule has 2 aromatic carbocycles. The molecule has 0 fully saturated rings. The summed E-state index contributed by atoms with van der Waals surface area (Å²) in [6.07, 6.45) is 0. The average Bonchev–Trinajstić information content (AvgIpc) is 2.97. The predicted molar refractivity (Wildman–Crippen MR) is 107 cm³/mol. The molecule has 1 aromatic heterocycles. The summed E-state index contributed by atoms with van der Waals surface area (Å²) in [7, 11) is 0. The van der Waals surface area contributed by atoms with Crippen molar-refractivity contribution in [2.75, 3.05) is 11.1 Å². The number of carbonyl (C=O) groups excluding carboxylic acids is 1. The Bertz CT molecular complexity index is 984. The van der Waals surface area contributed by atoms with E-state index in [1.165, 1.54) is 23.9 Å². The lowest BCUT2D eigenvalue weighted by Gasteiger charge is -2.11. The van der Waals surface area contributed by atoms with Crippen molar-refractivity contribution in [2.24, 2.45) is 5.92 Å². The molecule has 0 aliphatic rings. The minimum atomic E-state index is -0.509. The molecule has 0 aliphatic heterocycles. The molecule has 0 aliphatic carbocycles. The Hall–Kier alpha value is -2.87. The van der Waals surface area contributed by atoms with Crippen LogP contribution in [-0.4, -0.2) is 26.1 Å². The maximum absolute atomic E-state index is 12.3. The van der Waals surface area contributed by atoms with E-state index in [0.29, 0.717) is 5.92 Å². The van der Waals surface area contributed by atoms with Gasteiger partial charge in [-0.15, -0.1) is 0 Å². The topological polar surface area (TPSA) is 90.1 Å². The number of imidazole rings is 1. The Morgan fingerprint density at radius 1 is 1.22 bits per heavy atom. The number of para-hydroxylation sites is 4. The van der Waals surface area contributed by atoms with Crippen LogP contribution in [0.5, 0.6) is 0 Å². The molecular formula is C19H20N4O3S. The highest BCUT2D eigenvalue weighted by molar-refractivity contribution is 7.99. The number of thioether (sulfide) groups is 1.